The van der Waals surface area contributed by atoms with Gasteiger partial charge in [0.1, 0.15) is 5.69 Å². The zero-order valence-electron chi connectivity index (χ0n) is 10.1. The van der Waals surface area contributed by atoms with E-state index in [0.29, 0.717) is 12.2 Å². The van der Waals surface area contributed by atoms with E-state index in [-0.39, 0.29) is 17.9 Å². The molecular formula is C12H17BrN2O2. The third-order valence-electron chi connectivity index (χ3n) is 3.38. The molecule has 2 atom stereocenters. The standard InChI is InChI=1S/C12H17BrN2O2/c1-8(16)9-3-4-15(6-9)12(17)11-5-10(13)7-14(11)2/h5,7-9,16H,3-4,6H2,1-2H3. The summed E-state index contributed by atoms with van der Waals surface area (Å²) in [6, 6.07) is 1.83. The first-order valence-electron chi connectivity index (χ1n) is 5.78. The van der Waals surface area contributed by atoms with Crippen LogP contribution in [0.4, 0.5) is 0 Å². The number of aromatic nitrogens is 1. The Kier molecular flexibility index (Phi) is 3.58. The SMILES string of the molecule is CC(O)C1CCN(C(=O)c2cc(Br)cn2C)C1. The Morgan fingerprint density at radius 3 is 2.82 bits per heavy atom. The largest absolute Gasteiger partial charge is 0.393 e. The van der Waals surface area contributed by atoms with Crippen LogP contribution in [0.3, 0.4) is 0 Å². The summed E-state index contributed by atoms with van der Waals surface area (Å²) >= 11 is 3.36. The minimum atomic E-state index is -0.340. The molecule has 0 radical (unpaired) electrons. The second kappa shape index (κ2) is 4.82. The number of hydrogen-bond donors (Lipinski definition) is 1. The molecule has 5 heteroatoms. The van der Waals surface area contributed by atoms with Crippen molar-refractivity contribution < 1.29 is 9.90 Å². The second-order valence-corrected chi connectivity index (χ2v) is 5.61. The van der Waals surface area contributed by atoms with Crippen LogP contribution < -0.4 is 0 Å². The Balaban J connectivity index is 2.09. The van der Waals surface area contributed by atoms with Crippen LogP contribution in [-0.4, -0.2) is 39.7 Å². The van der Waals surface area contributed by atoms with Crippen LogP contribution in [0.25, 0.3) is 0 Å². The van der Waals surface area contributed by atoms with Gasteiger partial charge in [-0.2, -0.15) is 0 Å². The van der Waals surface area contributed by atoms with Gasteiger partial charge in [-0.05, 0) is 35.3 Å². The van der Waals surface area contributed by atoms with Crippen molar-refractivity contribution in [2.24, 2.45) is 13.0 Å². The Labute approximate surface area is 109 Å². The van der Waals surface area contributed by atoms with Crippen molar-refractivity contribution in [3.63, 3.8) is 0 Å². The van der Waals surface area contributed by atoms with Crippen LogP contribution in [0.15, 0.2) is 16.7 Å². The molecule has 1 saturated heterocycles. The lowest BCUT2D eigenvalue weighted by atomic mass is 10.0. The number of aliphatic hydroxyl groups is 1. The van der Waals surface area contributed by atoms with Gasteiger partial charge in [0.25, 0.3) is 5.91 Å². The fraction of sp³-hybridized carbons (Fsp3) is 0.583. The first kappa shape index (κ1) is 12.6. The molecule has 1 fully saturated rings. The van der Waals surface area contributed by atoms with E-state index in [2.05, 4.69) is 15.9 Å². The molecule has 0 saturated carbocycles. The van der Waals surface area contributed by atoms with Crippen LogP contribution in [0.5, 0.6) is 0 Å². The monoisotopic (exact) mass is 300 g/mol. The third-order valence-corrected chi connectivity index (χ3v) is 3.82. The topological polar surface area (TPSA) is 45.5 Å². The van der Waals surface area contributed by atoms with E-state index in [1.807, 2.05) is 28.8 Å². The molecule has 0 aromatic carbocycles. The molecule has 1 aliphatic heterocycles. The average Bonchev–Trinajstić information content (AvgIpc) is 2.84. The van der Waals surface area contributed by atoms with Crippen LogP contribution in [-0.2, 0) is 7.05 Å². The second-order valence-electron chi connectivity index (χ2n) is 4.69. The van der Waals surface area contributed by atoms with Gasteiger partial charge < -0.3 is 14.6 Å². The number of nitrogens with zero attached hydrogens (tertiary/aromatic N) is 2. The number of carbonyl (C=O) groups is 1. The van der Waals surface area contributed by atoms with Crippen molar-refractivity contribution in [1.82, 2.24) is 9.47 Å². The van der Waals surface area contributed by atoms with Crippen molar-refractivity contribution in [1.29, 1.82) is 0 Å². The van der Waals surface area contributed by atoms with Crippen molar-refractivity contribution in [3.05, 3.63) is 22.4 Å². The number of halogens is 1. The molecule has 1 aliphatic rings. The first-order valence-corrected chi connectivity index (χ1v) is 6.57. The van der Waals surface area contributed by atoms with Gasteiger partial charge in [-0.3, -0.25) is 4.79 Å². The number of aliphatic hydroxyl groups excluding tert-OH is 1. The third kappa shape index (κ3) is 2.55. The van der Waals surface area contributed by atoms with Gasteiger partial charge >= 0.3 is 0 Å². The van der Waals surface area contributed by atoms with E-state index in [9.17, 15) is 9.90 Å². The molecule has 17 heavy (non-hydrogen) atoms. The molecule has 2 rings (SSSR count). The van der Waals surface area contributed by atoms with E-state index in [0.717, 1.165) is 17.4 Å². The molecule has 1 aromatic heterocycles. The van der Waals surface area contributed by atoms with Crippen LogP contribution in [0.2, 0.25) is 0 Å². The van der Waals surface area contributed by atoms with Gasteiger partial charge in [0.05, 0.1) is 6.10 Å². The van der Waals surface area contributed by atoms with Crippen LogP contribution in [0, 0.1) is 5.92 Å². The van der Waals surface area contributed by atoms with Gasteiger partial charge in [-0.1, -0.05) is 0 Å². The molecule has 4 nitrogen and oxygen atoms in total. The summed E-state index contributed by atoms with van der Waals surface area (Å²) in [6.07, 6.45) is 2.41. The molecule has 0 aliphatic carbocycles. The van der Waals surface area contributed by atoms with Crippen molar-refractivity contribution in [2.45, 2.75) is 19.4 Å². The van der Waals surface area contributed by atoms with Crippen molar-refractivity contribution in [2.75, 3.05) is 13.1 Å². The van der Waals surface area contributed by atoms with Crippen molar-refractivity contribution >= 4 is 21.8 Å². The normalized spacial score (nSPS) is 21.9. The number of rotatable bonds is 2. The summed E-state index contributed by atoms with van der Waals surface area (Å²) in [6.45, 7) is 3.17. The highest BCUT2D eigenvalue weighted by Gasteiger charge is 2.30. The molecule has 0 spiro atoms. The molecule has 1 aromatic rings. The first-order chi connectivity index (χ1) is 7.99. The maximum atomic E-state index is 12.3. The number of aryl methyl sites for hydroxylation is 1. The lowest BCUT2D eigenvalue weighted by Crippen LogP contribution is -2.31. The minimum absolute atomic E-state index is 0.0429. The zero-order chi connectivity index (χ0) is 12.6. The molecule has 1 N–H and O–H groups in total. The van der Waals surface area contributed by atoms with Gasteiger partial charge in [0.15, 0.2) is 0 Å². The predicted molar refractivity (Wildman–Crippen MR) is 68.8 cm³/mol. The van der Waals surface area contributed by atoms with Gasteiger partial charge in [0, 0.05) is 36.7 Å². The van der Waals surface area contributed by atoms with Crippen LogP contribution >= 0.6 is 15.9 Å². The molecule has 1 amide bonds. The highest BCUT2D eigenvalue weighted by Crippen LogP contribution is 2.23. The number of amides is 1. The van der Waals surface area contributed by atoms with E-state index in [1.165, 1.54) is 0 Å². The highest BCUT2D eigenvalue weighted by molar-refractivity contribution is 9.10. The maximum absolute atomic E-state index is 12.3. The lowest BCUT2D eigenvalue weighted by Gasteiger charge is -2.17. The summed E-state index contributed by atoms with van der Waals surface area (Å²) < 4.78 is 2.73. The van der Waals surface area contributed by atoms with E-state index in [4.69, 9.17) is 0 Å². The maximum Gasteiger partial charge on any atom is 0.270 e. The fourth-order valence-electron chi connectivity index (χ4n) is 2.26. The smallest absolute Gasteiger partial charge is 0.270 e. The Morgan fingerprint density at radius 1 is 1.65 bits per heavy atom. The summed E-state index contributed by atoms with van der Waals surface area (Å²) in [5.74, 6) is 0.254. The molecular weight excluding hydrogens is 284 g/mol. The van der Waals surface area contributed by atoms with Gasteiger partial charge in [0.2, 0.25) is 0 Å². The Bertz CT molecular complexity index is 428. The summed E-state index contributed by atoms with van der Waals surface area (Å²) in [7, 11) is 1.86. The Morgan fingerprint density at radius 2 is 2.35 bits per heavy atom. The van der Waals surface area contributed by atoms with Gasteiger partial charge in [-0.25, -0.2) is 0 Å². The number of likely N-dealkylation sites (tertiary alicyclic amines) is 1. The van der Waals surface area contributed by atoms with Gasteiger partial charge in [-0.15, -0.1) is 0 Å². The zero-order valence-corrected chi connectivity index (χ0v) is 11.6. The van der Waals surface area contributed by atoms with Crippen molar-refractivity contribution in [3.8, 4) is 0 Å². The van der Waals surface area contributed by atoms with E-state index in [1.54, 1.807) is 6.92 Å². The highest BCUT2D eigenvalue weighted by atomic mass is 79.9. The van der Waals surface area contributed by atoms with E-state index < -0.39 is 0 Å². The Hall–Kier alpha value is -0.810. The quantitative estimate of drug-likeness (QED) is 0.902. The number of carbonyl (C=O) groups excluding carboxylic acids is 1. The fourth-order valence-corrected chi connectivity index (χ4v) is 2.79. The predicted octanol–water partition coefficient (Wildman–Crippen LogP) is 1.63. The molecule has 2 heterocycles. The lowest BCUT2D eigenvalue weighted by molar-refractivity contribution is 0.0753. The summed E-state index contributed by atoms with van der Waals surface area (Å²) in [4.78, 5) is 14.1. The molecule has 94 valence electrons. The summed E-state index contributed by atoms with van der Waals surface area (Å²) in [5.41, 5.74) is 0.683. The average molecular weight is 301 g/mol. The summed E-state index contributed by atoms with van der Waals surface area (Å²) in [5, 5.41) is 9.53. The van der Waals surface area contributed by atoms with E-state index >= 15 is 0 Å². The molecule has 0 bridgehead atoms. The number of hydrogen-bond acceptors (Lipinski definition) is 2. The van der Waals surface area contributed by atoms with Crippen LogP contribution in [0.1, 0.15) is 23.8 Å². The molecule has 2 unspecified atom stereocenters. The minimum Gasteiger partial charge on any atom is -0.393 e.